The Labute approximate surface area is 154 Å². The van der Waals surface area contributed by atoms with Crippen molar-refractivity contribution >= 4 is 5.97 Å². The molecule has 0 N–H and O–H groups in total. The summed E-state index contributed by atoms with van der Waals surface area (Å²) in [5.41, 5.74) is -2.70. The van der Waals surface area contributed by atoms with E-state index in [-0.39, 0.29) is 5.69 Å². The van der Waals surface area contributed by atoms with Crippen LogP contribution in [0.15, 0.2) is 60.7 Å². The molecule has 0 aliphatic rings. The highest BCUT2D eigenvalue weighted by Crippen LogP contribution is 2.33. The summed E-state index contributed by atoms with van der Waals surface area (Å²) in [6.07, 6.45) is -9.50. The van der Waals surface area contributed by atoms with Gasteiger partial charge in [-0.25, -0.2) is 9.48 Å². The predicted molar refractivity (Wildman–Crippen MR) is 85.0 cm³/mol. The van der Waals surface area contributed by atoms with Crippen molar-refractivity contribution in [1.82, 2.24) is 9.78 Å². The average molecular weight is 400 g/mol. The fourth-order valence-corrected chi connectivity index (χ4v) is 2.31. The summed E-state index contributed by atoms with van der Waals surface area (Å²) in [4.78, 5) is 12.2. The first-order valence-corrected chi connectivity index (χ1v) is 7.68. The molecule has 28 heavy (non-hydrogen) atoms. The van der Waals surface area contributed by atoms with Gasteiger partial charge in [0.15, 0.2) is 5.69 Å². The maximum absolute atomic E-state index is 13.0. The number of para-hydroxylation sites is 1. The molecule has 1 heterocycles. The molecule has 0 bridgehead atoms. The summed E-state index contributed by atoms with van der Waals surface area (Å²) in [7, 11) is 0. The van der Waals surface area contributed by atoms with Gasteiger partial charge >= 0.3 is 18.3 Å². The van der Waals surface area contributed by atoms with Gasteiger partial charge < -0.3 is 4.74 Å². The number of hydrogen-bond donors (Lipinski definition) is 0. The Morgan fingerprint density at radius 1 is 0.857 bits per heavy atom. The van der Waals surface area contributed by atoms with E-state index in [0.717, 1.165) is 22.9 Å². The summed E-state index contributed by atoms with van der Waals surface area (Å²) in [6.45, 7) is 0. The van der Waals surface area contributed by atoms with E-state index in [1.54, 1.807) is 6.07 Å². The van der Waals surface area contributed by atoms with Gasteiger partial charge in [0.05, 0.1) is 16.8 Å². The average Bonchev–Trinajstić information content (AvgIpc) is 3.06. The maximum atomic E-state index is 13.0. The van der Waals surface area contributed by atoms with Gasteiger partial charge in [-0.3, -0.25) is 0 Å². The Kier molecular flexibility index (Phi) is 4.88. The molecule has 0 saturated heterocycles. The number of halogens is 6. The molecule has 4 nitrogen and oxygen atoms in total. The number of aromatic nitrogens is 2. The zero-order valence-corrected chi connectivity index (χ0v) is 13.8. The normalized spacial score (nSPS) is 12.1. The molecule has 0 amide bonds. The monoisotopic (exact) mass is 400 g/mol. The van der Waals surface area contributed by atoms with Crippen molar-refractivity contribution in [3.8, 4) is 11.6 Å². The minimum atomic E-state index is -4.81. The first kappa shape index (κ1) is 19.5. The van der Waals surface area contributed by atoms with Crippen LogP contribution < -0.4 is 4.74 Å². The number of hydrogen-bond acceptors (Lipinski definition) is 3. The van der Waals surface area contributed by atoms with Gasteiger partial charge in [0.1, 0.15) is 0 Å². The van der Waals surface area contributed by atoms with Gasteiger partial charge in [0.25, 0.3) is 0 Å². The third-order valence-corrected chi connectivity index (χ3v) is 3.59. The lowest BCUT2D eigenvalue weighted by Crippen LogP contribution is -2.13. The van der Waals surface area contributed by atoms with Gasteiger partial charge in [-0.1, -0.05) is 24.3 Å². The Balaban J connectivity index is 1.98. The standard InChI is InChI=1S/C18H10F6N2O2/c19-17(20,21)12-6-4-5-11(9-12)16(27)28-15-10-14(18(22,23)24)25-26(15)13-7-2-1-3-8-13/h1-10H. The van der Waals surface area contributed by atoms with E-state index in [9.17, 15) is 31.1 Å². The molecule has 1 aromatic heterocycles. The molecule has 0 radical (unpaired) electrons. The highest BCUT2D eigenvalue weighted by Gasteiger charge is 2.36. The first-order valence-electron chi connectivity index (χ1n) is 7.68. The number of esters is 1. The minimum absolute atomic E-state index is 0.171. The lowest BCUT2D eigenvalue weighted by Gasteiger charge is -2.10. The number of benzene rings is 2. The van der Waals surface area contributed by atoms with Crippen molar-refractivity contribution in [3.05, 3.63) is 77.5 Å². The van der Waals surface area contributed by atoms with Crippen molar-refractivity contribution in [3.63, 3.8) is 0 Å². The molecule has 0 aliphatic heterocycles. The van der Waals surface area contributed by atoms with Crippen LogP contribution in [-0.4, -0.2) is 15.7 Å². The Morgan fingerprint density at radius 3 is 2.14 bits per heavy atom. The molecule has 0 saturated carbocycles. The summed E-state index contributed by atoms with van der Waals surface area (Å²) in [5, 5.41) is 3.39. The van der Waals surface area contributed by atoms with Gasteiger partial charge in [-0.05, 0) is 30.3 Å². The van der Waals surface area contributed by atoms with E-state index in [1.807, 2.05) is 0 Å². The molecule has 146 valence electrons. The molecule has 0 unspecified atom stereocenters. The number of carbonyl (C=O) groups is 1. The lowest BCUT2D eigenvalue weighted by atomic mass is 10.1. The second-order valence-electron chi connectivity index (χ2n) is 5.58. The third-order valence-electron chi connectivity index (χ3n) is 3.59. The minimum Gasteiger partial charge on any atom is -0.404 e. The zero-order chi connectivity index (χ0) is 20.5. The molecule has 0 aliphatic carbocycles. The van der Waals surface area contributed by atoms with E-state index in [4.69, 9.17) is 4.74 Å². The summed E-state index contributed by atoms with van der Waals surface area (Å²) in [5.74, 6) is -1.84. The number of nitrogens with zero attached hydrogens (tertiary/aromatic N) is 2. The van der Waals surface area contributed by atoms with Crippen LogP contribution >= 0.6 is 0 Å². The van der Waals surface area contributed by atoms with Crippen LogP contribution in [0, 0.1) is 0 Å². The summed E-state index contributed by atoms with van der Waals surface area (Å²) in [6, 6.07) is 11.4. The van der Waals surface area contributed by atoms with Gasteiger partial charge in [0.2, 0.25) is 5.88 Å². The number of rotatable bonds is 3. The second kappa shape index (κ2) is 7.02. The Morgan fingerprint density at radius 2 is 1.54 bits per heavy atom. The quantitative estimate of drug-likeness (QED) is 0.452. The fourth-order valence-electron chi connectivity index (χ4n) is 2.31. The number of alkyl halides is 6. The van der Waals surface area contributed by atoms with E-state index < -0.39 is 41.0 Å². The molecular formula is C18H10F6N2O2. The Hall–Kier alpha value is -3.30. The van der Waals surface area contributed by atoms with Crippen LogP contribution in [0.25, 0.3) is 5.69 Å². The van der Waals surface area contributed by atoms with E-state index in [0.29, 0.717) is 12.1 Å². The van der Waals surface area contributed by atoms with Crippen LogP contribution in [0.1, 0.15) is 21.6 Å². The second-order valence-corrected chi connectivity index (χ2v) is 5.58. The topological polar surface area (TPSA) is 44.1 Å². The first-order chi connectivity index (χ1) is 13.1. The lowest BCUT2D eigenvalue weighted by molar-refractivity contribution is -0.141. The molecule has 3 aromatic rings. The molecule has 2 aromatic carbocycles. The van der Waals surface area contributed by atoms with Gasteiger partial charge in [0, 0.05) is 6.07 Å². The van der Waals surface area contributed by atoms with Crippen molar-refractivity contribution in [2.45, 2.75) is 12.4 Å². The predicted octanol–water partition coefficient (Wildman–Crippen LogP) is 5.13. The third kappa shape index (κ3) is 4.16. The van der Waals surface area contributed by atoms with Crippen LogP contribution in [0.2, 0.25) is 0 Å². The zero-order valence-electron chi connectivity index (χ0n) is 13.8. The molecule has 0 spiro atoms. The van der Waals surface area contributed by atoms with Crippen molar-refractivity contribution < 1.29 is 35.9 Å². The van der Waals surface area contributed by atoms with Crippen LogP contribution in [0.4, 0.5) is 26.3 Å². The molecule has 3 rings (SSSR count). The highest BCUT2D eigenvalue weighted by atomic mass is 19.4. The maximum Gasteiger partial charge on any atom is 0.435 e. The largest absolute Gasteiger partial charge is 0.435 e. The van der Waals surface area contributed by atoms with Crippen molar-refractivity contribution in [2.24, 2.45) is 0 Å². The van der Waals surface area contributed by atoms with E-state index in [2.05, 4.69) is 5.10 Å². The van der Waals surface area contributed by atoms with Gasteiger partial charge in [-0.2, -0.15) is 31.4 Å². The van der Waals surface area contributed by atoms with Crippen LogP contribution in [0.3, 0.4) is 0 Å². The Bertz CT molecular complexity index is 993. The number of carbonyl (C=O) groups excluding carboxylic acids is 1. The SMILES string of the molecule is O=C(Oc1cc(C(F)(F)F)nn1-c1ccccc1)c1cccc(C(F)(F)F)c1. The fraction of sp³-hybridized carbons (Fsp3) is 0.111. The molecule has 0 atom stereocenters. The van der Waals surface area contributed by atoms with Gasteiger partial charge in [-0.15, -0.1) is 0 Å². The van der Waals surface area contributed by atoms with Crippen molar-refractivity contribution in [2.75, 3.05) is 0 Å². The molecular weight excluding hydrogens is 390 g/mol. The van der Waals surface area contributed by atoms with Crippen LogP contribution in [-0.2, 0) is 12.4 Å². The highest BCUT2D eigenvalue weighted by molar-refractivity contribution is 5.91. The number of ether oxygens (including phenoxy) is 1. The van der Waals surface area contributed by atoms with Crippen LogP contribution in [0.5, 0.6) is 5.88 Å². The molecule has 0 fully saturated rings. The summed E-state index contributed by atoms with van der Waals surface area (Å²) >= 11 is 0. The van der Waals surface area contributed by atoms with E-state index in [1.165, 1.54) is 24.3 Å². The summed E-state index contributed by atoms with van der Waals surface area (Å²) < 4.78 is 83.0. The van der Waals surface area contributed by atoms with E-state index >= 15 is 0 Å². The molecule has 10 heteroatoms. The van der Waals surface area contributed by atoms with Crippen molar-refractivity contribution in [1.29, 1.82) is 0 Å². The smallest absolute Gasteiger partial charge is 0.404 e.